The Labute approximate surface area is 72.8 Å². The van der Waals surface area contributed by atoms with Crippen molar-refractivity contribution in [2.45, 2.75) is 26.9 Å². The molecule has 1 aromatic rings. The van der Waals surface area contributed by atoms with Crippen molar-refractivity contribution in [2.24, 2.45) is 0 Å². The summed E-state index contributed by atoms with van der Waals surface area (Å²) in [6, 6.07) is 0. The highest BCUT2D eigenvalue weighted by molar-refractivity contribution is 5.21. The molecule has 0 saturated heterocycles. The minimum atomic E-state index is 0.602. The molecule has 3 N–H and O–H groups in total. The maximum atomic E-state index is 5.65. The van der Waals surface area contributed by atoms with Crippen LogP contribution in [0.15, 0.2) is 6.20 Å². The van der Waals surface area contributed by atoms with E-state index in [1.165, 1.54) is 0 Å². The molecular weight excluding hydrogens is 152 g/mol. The van der Waals surface area contributed by atoms with Crippen LogP contribution in [-0.2, 0) is 13.1 Å². The first-order valence-corrected chi connectivity index (χ1v) is 4.30. The van der Waals surface area contributed by atoms with E-state index in [4.69, 9.17) is 5.73 Å². The highest BCUT2D eigenvalue weighted by Gasteiger charge is 2.01. The summed E-state index contributed by atoms with van der Waals surface area (Å²) in [7, 11) is 0. The van der Waals surface area contributed by atoms with Gasteiger partial charge in [-0.05, 0) is 13.5 Å². The molecule has 0 fully saturated rings. The predicted molar refractivity (Wildman–Crippen MR) is 49.7 cm³/mol. The fraction of sp³-hybridized carbons (Fsp3) is 0.625. The van der Waals surface area contributed by atoms with Crippen LogP contribution < -0.4 is 11.1 Å². The van der Waals surface area contributed by atoms with Crippen LogP contribution in [0.4, 0.5) is 5.95 Å². The number of aryl methyl sites for hydroxylation is 1. The highest BCUT2D eigenvalue weighted by atomic mass is 15.1. The third-order valence-electron chi connectivity index (χ3n) is 1.75. The fourth-order valence-electron chi connectivity index (χ4n) is 1.08. The third-order valence-corrected chi connectivity index (χ3v) is 1.75. The molecule has 1 rings (SSSR count). The van der Waals surface area contributed by atoms with Crippen molar-refractivity contribution >= 4 is 5.95 Å². The van der Waals surface area contributed by atoms with Crippen molar-refractivity contribution in [1.82, 2.24) is 14.9 Å². The second kappa shape index (κ2) is 4.11. The number of imidazole rings is 1. The van der Waals surface area contributed by atoms with Crippen LogP contribution in [0, 0.1) is 0 Å². The molecule has 1 aromatic heterocycles. The van der Waals surface area contributed by atoms with E-state index in [1.807, 2.05) is 10.8 Å². The maximum Gasteiger partial charge on any atom is 0.200 e. The minimum Gasteiger partial charge on any atom is -0.369 e. The van der Waals surface area contributed by atoms with Gasteiger partial charge in [0.15, 0.2) is 5.95 Å². The lowest BCUT2D eigenvalue weighted by Gasteiger charge is -1.96. The maximum absolute atomic E-state index is 5.65. The van der Waals surface area contributed by atoms with Gasteiger partial charge in [-0.1, -0.05) is 6.92 Å². The molecule has 12 heavy (non-hydrogen) atoms. The van der Waals surface area contributed by atoms with Gasteiger partial charge in [-0.15, -0.1) is 0 Å². The van der Waals surface area contributed by atoms with E-state index in [9.17, 15) is 0 Å². The molecule has 0 bridgehead atoms. The number of aromatic nitrogens is 2. The molecule has 0 atom stereocenters. The molecule has 0 saturated carbocycles. The fourth-order valence-corrected chi connectivity index (χ4v) is 1.08. The number of rotatable bonds is 4. The lowest BCUT2D eigenvalue weighted by atomic mass is 10.4. The minimum absolute atomic E-state index is 0.602. The number of nitrogen functional groups attached to an aromatic ring is 1. The summed E-state index contributed by atoms with van der Waals surface area (Å²) in [4.78, 5) is 4.20. The van der Waals surface area contributed by atoms with Gasteiger partial charge in [0.25, 0.3) is 0 Å². The van der Waals surface area contributed by atoms with Crippen molar-refractivity contribution in [3.8, 4) is 0 Å². The van der Waals surface area contributed by atoms with Crippen LogP contribution >= 0.6 is 0 Å². The Balaban J connectivity index is 2.62. The standard InChI is InChI=1S/C8H16N4/c1-3-10-5-7-6-12(4-2)8(9)11-7/h6,10H,3-5H2,1-2H3,(H2,9,11). The van der Waals surface area contributed by atoms with Crippen molar-refractivity contribution in [3.05, 3.63) is 11.9 Å². The van der Waals surface area contributed by atoms with E-state index < -0.39 is 0 Å². The lowest BCUT2D eigenvalue weighted by molar-refractivity contribution is 0.710. The molecule has 0 spiro atoms. The topological polar surface area (TPSA) is 55.9 Å². The highest BCUT2D eigenvalue weighted by Crippen LogP contribution is 2.03. The molecular formula is C8H16N4. The second-order valence-electron chi connectivity index (χ2n) is 2.66. The smallest absolute Gasteiger partial charge is 0.200 e. The Kier molecular flexibility index (Phi) is 3.10. The van der Waals surface area contributed by atoms with E-state index in [-0.39, 0.29) is 0 Å². The van der Waals surface area contributed by atoms with Gasteiger partial charge >= 0.3 is 0 Å². The van der Waals surface area contributed by atoms with E-state index in [2.05, 4.69) is 24.1 Å². The van der Waals surface area contributed by atoms with Gasteiger partial charge in [0.1, 0.15) is 0 Å². The van der Waals surface area contributed by atoms with Crippen LogP contribution in [0.5, 0.6) is 0 Å². The molecule has 0 aliphatic heterocycles. The van der Waals surface area contributed by atoms with Crippen LogP contribution in [0.2, 0.25) is 0 Å². The zero-order chi connectivity index (χ0) is 8.97. The van der Waals surface area contributed by atoms with Gasteiger partial charge in [-0.2, -0.15) is 0 Å². The van der Waals surface area contributed by atoms with E-state index in [0.29, 0.717) is 5.95 Å². The molecule has 0 radical (unpaired) electrons. The molecule has 0 aliphatic carbocycles. The van der Waals surface area contributed by atoms with Crippen LogP contribution in [-0.4, -0.2) is 16.1 Å². The molecule has 4 heteroatoms. The zero-order valence-corrected chi connectivity index (χ0v) is 7.67. The van der Waals surface area contributed by atoms with Gasteiger partial charge in [-0.3, -0.25) is 0 Å². The first-order valence-electron chi connectivity index (χ1n) is 4.30. The van der Waals surface area contributed by atoms with Gasteiger partial charge in [0.2, 0.25) is 0 Å². The van der Waals surface area contributed by atoms with Crippen molar-refractivity contribution in [3.63, 3.8) is 0 Å². The van der Waals surface area contributed by atoms with Crippen LogP contribution in [0.1, 0.15) is 19.5 Å². The third kappa shape index (κ3) is 1.98. The summed E-state index contributed by atoms with van der Waals surface area (Å²) in [6.07, 6.45) is 1.98. The van der Waals surface area contributed by atoms with Crippen molar-refractivity contribution in [2.75, 3.05) is 12.3 Å². The molecule has 1 heterocycles. The molecule has 0 aliphatic rings. The number of nitrogens with two attached hydrogens (primary N) is 1. The zero-order valence-electron chi connectivity index (χ0n) is 7.67. The van der Waals surface area contributed by atoms with Crippen molar-refractivity contribution < 1.29 is 0 Å². The lowest BCUT2D eigenvalue weighted by Crippen LogP contribution is -2.11. The van der Waals surface area contributed by atoms with E-state index in [1.54, 1.807) is 0 Å². The predicted octanol–water partition coefficient (Wildman–Crippen LogP) is 0.595. The van der Waals surface area contributed by atoms with Crippen molar-refractivity contribution in [1.29, 1.82) is 0 Å². The summed E-state index contributed by atoms with van der Waals surface area (Å²) in [5.41, 5.74) is 6.66. The molecule has 0 unspecified atom stereocenters. The van der Waals surface area contributed by atoms with Crippen LogP contribution in [0.25, 0.3) is 0 Å². The average Bonchev–Trinajstić information content (AvgIpc) is 2.43. The monoisotopic (exact) mass is 168 g/mol. The molecule has 0 aromatic carbocycles. The number of nitrogens with zero attached hydrogens (tertiary/aromatic N) is 2. The number of anilines is 1. The van der Waals surface area contributed by atoms with Gasteiger partial charge < -0.3 is 15.6 Å². The first-order chi connectivity index (χ1) is 5.77. The normalized spacial score (nSPS) is 10.5. The summed E-state index contributed by atoms with van der Waals surface area (Å²) >= 11 is 0. The quantitative estimate of drug-likeness (QED) is 0.692. The number of hydrogen-bond donors (Lipinski definition) is 2. The average molecular weight is 168 g/mol. The molecule has 0 amide bonds. The molecule has 68 valence electrons. The number of hydrogen-bond acceptors (Lipinski definition) is 3. The SMILES string of the molecule is CCNCc1cn(CC)c(N)n1. The summed E-state index contributed by atoms with van der Waals surface area (Å²) in [5, 5.41) is 3.20. The second-order valence-corrected chi connectivity index (χ2v) is 2.66. The van der Waals surface area contributed by atoms with E-state index in [0.717, 1.165) is 25.3 Å². The Morgan fingerprint density at radius 1 is 1.58 bits per heavy atom. The first kappa shape index (κ1) is 9.06. The Morgan fingerprint density at radius 3 is 2.83 bits per heavy atom. The summed E-state index contributed by atoms with van der Waals surface area (Å²) in [6.45, 7) is 6.76. The Morgan fingerprint density at radius 2 is 2.33 bits per heavy atom. The van der Waals surface area contributed by atoms with Gasteiger partial charge in [0.05, 0.1) is 5.69 Å². The molecule has 4 nitrogen and oxygen atoms in total. The van der Waals surface area contributed by atoms with Gasteiger partial charge in [-0.25, -0.2) is 4.98 Å². The number of nitrogens with one attached hydrogen (secondary N) is 1. The Hall–Kier alpha value is -1.03. The van der Waals surface area contributed by atoms with Crippen LogP contribution in [0.3, 0.4) is 0 Å². The Bertz CT molecular complexity index is 241. The van der Waals surface area contributed by atoms with E-state index >= 15 is 0 Å². The largest absolute Gasteiger partial charge is 0.369 e. The van der Waals surface area contributed by atoms with Gasteiger partial charge in [0, 0.05) is 19.3 Å². The summed E-state index contributed by atoms with van der Waals surface area (Å²) in [5.74, 6) is 0.602. The summed E-state index contributed by atoms with van der Waals surface area (Å²) < 4.78 is 1.94.